The van der Waals surface area contributed by atoms with Gasteiger partial charge in [0.2, 0.25) is 4.75 Å². The summed E-state index contributed by atoms with van der Waals surface area (Å²) in [4.78, 5) is 26.5. The first-order valence-electron chi connectivity index (χ1n) is 7.87. The van der Waals surface area contributed by atoms with Crippen LogP contribution in [0.2, 0.25) is 0 Å². The number of carbonyl (C=O) groups excluding carboxylic acids is 2. The second-order valence-electron chi connectivity index (χ2n) is 5.77. The van der Waals surface area contributed by atoms with Crippen molar-refractivity contribution in [1.29, 1.82) is 0 Å². The average molecular weight is 341 g/mol. The molecule has 0 saturated carbocycles. The van der Waals surface area contributed by atoms with Crippen LogP contribution in [0.1, 0.15) is 18.1 Å². The molecule has 1 atom stereocenters. The molecule has 0 saturated heterocycles. The smallest absolute Gasteiger partial charge is 0.332 e. The fourth-order valence-corrected chi connectivity index (χ4v) is 4.07. The number of benzene rings is 2. The molecular formula is C19H19NO3S. The fourth-order valence-electron chi connectivity index (χ4n) is 2.80. The van der Waals surface area contributed by atoms with Crippen LogP contribution in [0.4, 0.5) is 5.69 Å². The second-order valence-corrected chi connectivity index (χ2v) is 7.11. The summed E-state index contributed by atoms with van der Waals surface area (Å²) in [6.07, 6.45) is 0.290. The Morgan fingerprint density at radius 3 is 2.75 bits per heavy atom. The standard InChI is InChI=1S/C19H19NO3S/c1-3-23-18(22)19(12-14-8-6-7-13(2)11-14)17(21)20-15-9-4-5-10-16(15)24-19/h4-11H,3,12H2,1-2H3,(H,20,21). The molecule has 0 aliphatic carbocycles. The highest BCUT2D eigenvalue weighted by molar-refractivity contribution is 8.02. The summed E-state index contributed by atoms with van der Waals surface area (Å²) < 4.78 is 3.94. The van der Waals surface area contributed by atoms with Crippen molar-refractivity contribution in [3.63, 3.8) is 0 Å². The molecule has 2 aromatic rings. The molecule has 1 N–H and O–H groups in total. The summed E-state index contributed by atoms with van der Waals surface area (Å²) in [6, 6.07) is 15.3. The van der Waals surface area contributed by atoms with E-state index in [0.717, 1.165) is 21.7 Å². The maximum Gasteiger partial charge on any atom is 0.332 e. The molecule has 0 spiro atoms. The molecule has 0 bridgehead atoms. The minimum Gasteiger partial charge on any atom is -0.465 e. The first-order valence-corrected chi connectivity index (χ1v) is 8.69. The summed E-state index contributed by atoms with van der Waals surface area (Å²) in [5.74, 6) is -0.824. The lowest BCUT2D eigenvalue weighted by Crippen LogP contribution is -2.51. The van der Waals surface area contributed by atoms with E-state index in [9.17, 15) is 9.59 Å². The number of rotatable bonds is 4. The highest BCUT2D eigenvalue weighted by Gasteiger charge is 2.51. The van der Waals surface area contributed by atoms with E-state index in [4.69, 9.17) is 4.74 Å². The van der Waals surface area contributed by atoms with Gasteiger partial charge < -0.3 is 10.1 Å². The van der Waals surface area contributed by atoms with Crippen LogP contribution in [0.15, 0.2) is 53.4 Å². The van der Waals surface area contributed by atoms with E-state index in [2.05, 4.69) is 5.32 Å². The number of hydrogen-bond acceptors (Lipinski definition) is 4. The van der Waals surface area contributed by atoms with Crippen molar-refractivity contribution in [2.45, 2.75) is 29.9 Å². The molecule has 24 heavy (non-hydrogen) atoms. The molecule has 1 heterocycles. The highest BCUT2D eigenvalue weighted by atomic mass is 32.2. The third-order valence-corrected chi connectivity index (χ3v) is 5.35. The minimum absolute atomic E-state index is 0.240. The number of carbonyl (C=O) groups is 2. The van der Waals surface area contributed by atoms with Gasteiger partial charge in [0.25, 0.3) is 5.91 Å². The molecule has 3 rings (SSSR count). The normalized spacial score (nSPS) is 19.3. The number of ether oxygens (including phenoxy) is 1. The fraction of sp³-hybridized carbons (Fsp3) is 0.263. The van der Waals surface area contributed by atoms with Crippen LogP contribution in [0.25, 0.3) is 0 Å². The van der Waals surface area contributed by atoms with Crippen LogP contribution >= 0.6 is 11.8 Å². The van der Waals surface area contributed by atoms with Gasteiger partial charge in [-0.3, -0.25) is 4.79 Å². The molecule has 124 valence electrons. The Labute approximate surface area is 145 Å². The molecule has 1 aliphatic rings. The zero-order chi connectivity index (χ0) is 17.2. The van der Waals surface area contributed by atoms with Crippen molar-refractivity contribution in [3.8, 4) is 0 Å². The first-order chi connectivity index (χ1) is 11.5. The number of thioether (sulfide) groups is 1. The predicted molar refractivity (Wildman–Crippen MR) is 95.2 cm³/mol. The van der Waals surface area contributed by atoms with Gasteiger partial charge in [-0.2, -0.15) is 0 Å². The van der Waals surface area contributed by atoms with E-state index in [0.29, 0.717) is 6.42 Å². The van der Waals surface area contributed by atoms with Crippen LogP contribution in [0.3, 0.4) is 0 Å². The number of esters is 1. The number of para-hydroxylation sites is 1. The number of anilines is 1. The third kappa shape index (κ3) is 3.04. The van der Waals surface area contributed by atoms with E-state index in [1.807, 2.05) is 55.5 Å². The Kier molecular flexibility index (Phi) is 4.62. The molecule has 0 fully saturated rings. The van der Waals surface area contributed by atoms with Gasteiger partial charge in [0.15, 0.2) is 0 Å². The number of aryl methyl sites for hydroxylation is 1. The van der Waals surface area contributed by atoms with Gasteiger partial charge in [-0.25, -0.2) is 4.79 Å². The van der Waals surface area contributed by atoms with Crippen LogP contribution in [0.5, 0.6) is 0 Å². The van der Waals surface area contributed by atoms with Crippen molar-refractivity contribution < 1.29 is 14.3 Å². The zero-order valence-corrected chi connectivity index (χ0v) is 14.5. The quantitative estimate of drug-likeness (QED) is 0.682. The van der Waals surface area contributed by atoms with Gasteiger partial charge in [0, 0.05) is 11.3 Å². The van der Waals surface area contributed by atoms with E-state index in [-0.39, 0.29) is 12.5 Å². The summed E-state index contributed by atoms with van der Waals surface area (Å²) >= 11 is 1.27. The zero-order valence-electron chi connectivity index (χ0n) is 13.7. The lowest BCUT2D eigenvalue weighted by atomic mass is 9.95. The SMILES string of the molecule is CCOC(=O)C1(Cc2cccc(C)c2)Sc2ccccc2NC1=O. The van der Waals surface area contributed by atoms with Gasteiger partial charge >= 0.3 is 5.97 Å². The van der Waals surface area contributed by atoms with Crippen LogP contribution in [-0.2, 0) is 20.7 Å². The molecule has 4 nitrogen and oxygen atoms in total. The van der Waals surface area contributed by atoms with E-state index in [1.165, 1.54) is 11.8 Å². The van der Waals surface area contributed by atoms with Crippen molar-refractivity contribution in [1.82, 2.24) is 0 Å². The summed E-state index contributed by atoms with van der Waals surface area (Å²) in [7, 11) is 0. The summed E-state index contributed by atoms with van der Waals surface area (Å²) in [6.45, 7) is 3.98. The summed E-state index contributed by atoms with van der Waals surface area (Å²) in [5, 5.41) is 2.86. The lowest BCUT2D eigenvalue weighted by Gasteiger charge is -2.34. The van der Waals surface area contributed by atoms with Crippen molar-refractivity contribution in [2.75, 3.05) is 11.9 Å². The molecule has 0 radical (unpaired) electrons. The van der Waals surface area contributed by atoms with Crippen LogP contribution < -0.4 is 5.32 Å². The highest BCUT2D eigenvalue weighted by Crippen LogP contribution is 2.45. The Balaban J connectivity index is 2.03. The van der Waals surface area contributed by atoms with Gasteiger partial charge in [-0.15, -0.1) is 0 Å². The van der Waals surface area contributed by atoms with Crippen LogP contribution in [-0.4, -0.2) is 23.2 Å². The third-order valence-electron chi connectivity index (χ3n) is 3.93. The Bertz CT molecular complexity index is 790. The number of hydrogen-bond donors (Lipinski definition) is 1. The van der Waals surface area contributed by atoms with Crippen molar-refractivity contribution in [3.05, 3.63) is 59.7 Å². The molecular weight excluding hydrogens is 322 g/mol. The maximum absolute atomic E-state index is 12.9. The minimum atomic E-state index is -1.31. The number of fused-ring (bicyclic) bond motifs is 1. The molecule has 1 amide bonds. The molecule has 1 unspecified atom stereocenters. The maximum atomic E-state index is 12.9. The van der Waals surface area contributed by atoms with Gasteiger partial charge in [0.1, 0.15) is 0 Å². The van der Waals surface area contributed by atoms with E-state index >= 15 is 0 Å². The summed E-state index contributed by atoms with van der Waals surface area (Å²) in [5.41, 5.74) is 2.76. The number of nitrogens with one attached hydrogen (secondary N) is 1. The number of amides is 1. The molecule has 1 aliphatic heterocycles. The predicted octanol–water partition coefficient (Wildman–Crippen LogP) is 3.58. The van der Waals surface area contributed by atoms with Gasteiger partial charge in [-0.1, -0.05) is 53.7 Å². The van der Waals surface area contributed by atoms with Crippen molar-refractivity contribution >= 4 is 29.3 Å². The van der Waals surface area contributed by atoms with E-state index in [1.54, 1.807) is 6.92 Å². The lowest BCUT2D eigenvalue weighted by molar-refractivity contribution is -0.148. The Hall–Kier alpha value is -2.27. The van der Waals surface area contributed by atoms with Gasteiger partial charge in [-0.05, 0) is 31.5 Å². The Morgan fingerprint density at radius 2 is 2.00 bits per heavy atom. The van der Waals surface area contributed by atoms with E-state index < -0.39 is 10.7 Å². The van der Waals surface area contributed by atoms with Crippen molar-refractivity contribution in [2.24, 2.45) is 0 Å². The molecule has 5 heteroatoms. The molecule has 2 aromatic carbocycles. The molecule has 0 aromatic heterocycles. The largest absolute Gasteiger partial charge is 0.465 e. The second kappa shape index (κ2) is 6.69. The first kappa shape index (κ1) is 16.6. The monoisotopic (exact) mass is 341 g/mol. The Morgan fingerprint density at radius 1 is 1.21 bits per heavy atom. The van der Waals surface area contributed by atoms with Crippen LogP contribution in [0, 0.1) is 6.92 Å². The topological polar surface area (TPSA) is 55.4 Å². The van der Waals surface area contributed by atoms with Gasteiger partial charge in [0.05, 0.1) is 12.3 Å². The average Bonchev–Trinajstić information content (AvgIpc) is 2.55.